The minimum atomic E-state index is -0.935. The number of amides is 1. The van der Waals surface area contributed by atoms with Crippen LogP contribution in [0.2, 0.25) is 5.02 Å². The molecule has 0 radical (unpaired) electrons. The lowest BCUT2D eigenvalue weighted by Gasteiger charge is -2.28. The molecule has 1 aliphatic heterocycles. The van der Waals surface area contributed by atoms with Crippen molar-refractivity contribution < 1.29 is 14.3 Å². The highest BCUT2D eigenvalue weighted by Gasteiger charge is 2.20. The zero-order chi connectivity index (χ0) is 19.2. The Morgan fingerprint density at radius 2 is 1.70 bits per heavy atom. The maximum atomic E-state index is 12.3. The van der Waals surface area contributed by atoms with Crippen LogP contribution < -0.4 is 10.2 Å². The van der Waals surface area contributed by atoms with Gasteiger partial charge in [-0.25, -0.2) is 4.79 Å². The average molecular weight is 387 g/mol. The van der Waals surface area contributed by atoms with Crippen molar-refractivity contribution in [3.63, 3.8) is 0 Å². The van der Waals surface area contributed by atoms with E-state index in [1.54, 1.807) is 24.3 Å². The lowest BCUT2D eigenvalue weighted by atomic mass is 10.1. The highest BCUT2D eigenvalue weighted by molar-refractivity contribution is 6.33. The van der Waals surface area contributed by atoms with Crippen molar-refractivity contribution in [3.8, 4) is 0 Å². The SMILES string of the molecule is C[C@@H](OC(=O)c1ccccc1Cl)C(=O)Nc1ccc(N2CCCCC2)cc1. The van der Waals surface area contributed by atoms with Crippen LogP contribution >= 0.6 is 11.6 Å². The van der Waals surface area contributed by atoms with Crippen molar-refractivity contribution >= 4 is 34.9 Å². The Kier molecular flexibility index (Phi) is 6.35. The Hall–Kier alpha value is -2.53. The van der Waals surface area contributed by atoms with Crippen LogP contribution in [0.25, 0.3) is 0 Å². The molecule has 2 aromatic carbocycles. The number of rotatable bonds is 5. The molecule has 0 spiro atoms. The number of benzene rings is 2. The van der Waals surface area contributed by atoms with Gasteiger partial charge in [0.05, 0.1) is 10.6 Å². The average Bonchev–Trinajstić information content (AvgIpc) is 2.69. The fraction of sp³-hybridized carbons (Fsp3) is 0.333. The lowest BCUT2D eigenvalue weighted by Crippen LogP contribution is -2.30. The van der Waals surface area contributed by atoms with E-state index in [1.165, 1.54) is 26.2 Å². The van der Waals surface area contributed by atoms with Gasteiger partial charge in [-0.3, -0.25) is 4.79 Å². The van der Waals surface area contributed by atoms with E-state index < -0.39 is 12.1 Å². The van der Waals surface area contributed by atoms with E-state index in [4.69, 9.17) is 16.3 Å². The molecular weight excluding hydrogens is 364 g/mol. The minimum absolute atomic E-state index is 0.240. The first-order valence-electron chi connectivity index (χ1n) is 9.16. The van der Waals surface area contributed by atoms with Gasteiger partial charge in [-0.15, -0.1) is 0 Å². The Morgan fingerprint density at radius 3 is 2.37 bits per heavy atom. The summed E-state index contributed by atoms with van der Waals surface area (Å²) in [5.41, 5.74) is 2.07. The van der Waals surface area contributed by atoms with Gasteiger partial charge >= 0.3 is 5.97 Å². The highest BCUT2D eigenvalue weighted by atomic mass is 35.5. The van der Waals surface area contributed by atoms with E-state index >= 15 is 0 Å². The van der Waals surface area contributed by atoms with Crippen molar-refractivity contribution in [3.05, 3.63) is 59.1 Å². The first kappa shape index (κ1) is 19.2. The smallest absolute Gasteiger partial charge is 0.340 e. The second-order valence-corrected chi connectivity index (χ2v) is 7.02. The fourth-order valence-electron chi connectivity index (χ4n) is 3.06. The monoisotopic (exact) mass is 386 g/mol. The molecule has 1 saturated heterocycles. The quantitative estimate of drug-likeness (QED) is 0.768. The molecule has 0 saturated carbocycles. The summed E-state index contributed by atoms with van der Waals surface area (Å²) in [5.74, 6) is -1.01. The van der Waals surface area contributed by atoms with E-state index in [9.17, 15) is 9.59 Å². The van der Waals surface area contributed by atoms with Crippen molar-refractivity contribution in [2.75, 3.05) is 23.3 Å². The molecule has 1 heterocycles. The zero-order valence-corrected chi connectivity index (χ0v) is 16.0. The number of hydrogen-bond acceptors (Lipinski definition) is 4. The number of nitrogens with zero attached hydrogens (tertiary/aromatic N) is 1. The molecule has 1 fully saturated rings. The van der Waals surface area contributed by atoms with Crippen molar-refractivity contribution in [1.29, 1.82) is 0 Å². The normalized spacial score (nSPS) is 15.1. The molecule has 0 bridgehead atoms. The molecule has 0 unspecified atom stereocenters. The van der Waals surface area contributed by atoms with E-state index in [0.29, 0.717) is 10.7 Å². The first-order valence-corrected chi connectivity index (χ1v) is 9.54. The predicted octanol–water partition coefficient (Wildman–Crippen LogP) is 4.51. The van der Waals surface area contributed by atoms with E-state index in [1.807, 2.05) is 24.3 Å². The molecule has 1 amide bonds. The molecule has 142 valence electrons. The molecule has 0 aliphatic carbocycles. The van der Waals surface area contributed by atoms with Gasteiger partial charge < -0.3 is 15.0 Å². The molecule has 1 N–H and O–H groups in total. The molecule has 1 aliphatic rings. The number of piperidine rings is 1. The van der Waals surface area contributed by atoms with Gasteiger partial charge in [0.25, 0.3) is 5.91 Å². The summed E-state index contributed by atoms with van der Waals surface area (Å²) in [4.78, 5) is 26.8. The van der Waals surface area contributed by atoms with Crippen molar-refractivity contribution in [2.45, 2.75) is 32.3 Å². The molecule has 2 aromatic rings. The third kappa shape index (κ3) is 5.01. The Balaban J connectivity index is 1.56. The van der Waals surface area contributed by atoms with Crippen LogP contribution in [0.15, 0.2) is 48.5 Å². The van der Waals surface area contributed by atoms with Crippen LogP contribution in [0.5, 0.6) is 0 Å². The predicted molar refractivity (Wildman–Crippen MR) is 107 cm³/mol. The van der Waals surface area contributed by atoms with E-state index in [-0.39, 0.29) is 11.5 Å². The highest BCUT2D eigenvalue weighted by Crippen LogP contribution is 2.22. The molecule has 5 nitrogen and oxygen atoms in total. The summed E-state index contributed by atoms with van der Waals surface area (Å²) in [5, 5.41) is 3.07. The van der Waals surface area contributed by atoms with Gasteiger partial charge in [0.2, 0.25) is 0 Å². The Labute approximate surface area is 164 Å². The van der Waals surface area contributed by atoms with Gasteiger partial charge in [0.1, 0.15) is 0 Å². The van der Waals surface area contributed by atoms with E-state index in [2.05, 4.69) is 10.2 Å². The summed E-state index contributed by atoms with van der Waals surface area (Å²) < 4.78 is 5.23. The first-order chi connectivity index (χ1) is 13.0. The second kappa shape index (κ2) is 8.91. The zero-order valence-electron chi connectivity index (χ0n) is 15.3. The van der Waals surface area contributed by atoms with Crippen LogP contribution in [0.4, 0.5) is 11.4 Å². The van der Waals surface area contributed by atoms with Gasteiger partial charge in [-0.1, -0.05) is 23.7 Å². The van der Waals surface area contributed by atoms with Crippen molar-refractivity contribution in [2.24, 2.45) is 0 Å². The van der Waals surface area contributed by atoms with Crippen molar-refractivity contribution in [1.82, 2.24) is 0 Å². The number of nitrogens with one attached hydrogen (secondary N) is 1. The van der Waals surface area contributed by atoms with Gasteiger partial charge in [-0.05, 0) is 62.6 Å². The Bertz CT molecular complexity index is 801. The number of carbonyl (C=O) groups excluding carboxylic acids is 2. The lowest BCUT2D eigenvalue weighted by molar-refractivity contribution is -0.123. The summed E-state index contributed by atoms with van der Waals surface area (Å²) in [6.45, 7) is 3.67. The second-order valence-electron chi connectivity index (χ2n) is 6.61. The van der Waals surface area contributed by atoms with E-state index in [0.717, 1.165) is 18.8 Å². The summed E-state index contributed by atoms with van der Waals surface area (Å²) in [7, 11) is 0. The third-order valence-electron chi connectivity index (χ3n) is 4.60. The number of carbonyl (C=O) groups is 2. The fourth-order valence-corrected chi connectivity index (χ4v) is 3.27. The van der Waals surface area contributed by atoms with Crippen LogP contribution in [0, 0.1) is 0 Å². The number of ether oxygens (including phenoxy) is 1. The van der Waals surface area contributed by atoms with Gasteiger partial charge in [0, 0.05) is 24.5 Å². The standard InChI is InChI=1S/C21H23ClN2O3/c1-15(27-21(26)18-7-3-4-8-19(18)22)20(25)23-16-9-11-17(12-10-16)24-13-5-2-6-14-24/h3-4,7-12,15H,2,5-6,13-14H2,1H3,(H,23,25)/t15-/m1/s1. The summed E-state index contributed by atoms with van der Waals surface area (Å²) >= 11 is 5.99. The number of halogens is 1. The van der Waals surface area contributed by atoms with Crippen LogP contribution in [0.3, 0.4) is 0 Å². The number of hydrogen-bond donors (Lipinski definition) is 1. The Morgan fingerprint density at radius 1 is 1.04 bits per heavy atom. The van der Waals surface area contributed by atoms with Crippen LogP contribution in [-0.2, 0) is 9.53 Å². The van der Waals surface area contributed by atoms with Gasteiger partial charge in [0.15, 0.2) is 6.10 Å². The van der Waals surface area contributed by atoms with Gasteiger partial charge in [-0.2, -0.15) is 0 Å². The summed E-state index contributed by atoms with van der Waals surface area (Å²) in [6, 6.07) is 14.3. The van der Waals surface area contributed by atoms with Crippen LogP contribution in [0.1, 0.15) is 36.5 Å². The maximum Gasteiger partial charge on any atom is 0.340 e. The topological polar surface area (TPSA) is 58.6 Å². The third-order valence-corrected chi connectivity index (χ3v) is 4.93. The number of esters is 1. The number of anilines is 2. The minimum Gasteiger partial charge on any atom is -0.449 e. The molecule has 27 heavy (non-hydrogen) atoms. The summed E-state index contributed by atoms with van der Waals surface area (Å²) in [6.07, 6.45) is 2.78. The molecule has 1 atom stereocenters. The largest absolute Gasteiger partial charge is 0.449 e. The van der Waals surface area contributed by atoms with Crippen LogP contribution in [-0.4, -0.2) is 31.1 Å². The maximum absolute atomic E-state index is 12.3. The molecule has 0 aromatic heterocycles. The molecule has 6 heteroatoms. The molecular formula is C21H23ClN2O3. The molecule has 3 rings (SSSR count).